The quantitative estimate of drug-likeness (QED) is 0.0924. The maximum absolute atomic E-state index is 13.2. The van der Waals surface area contributed by atoms with Crippen molar-refractivity contribution in [1.82, 2.24) is 9.80 Å². The number of carbonyl (C=O) groups excluding carboxylic acids is 6. The summed E-state index contributed by atoms with van der Waals surface area (Å²) in [6, 6.07) is 21.8. The predicted octanol–water partition coefficient (Wildman–Crippen LogP) is 7.05. The molecule has 3 aliphatic heterocycles. The van der Waals surface area contributed by atoms with Crippen molar-refractivity contribution in [2.45, 2.75) is 77.4 Å². The van der Waals surface area contributed by atoms with Crippen molar-refractivity contribution >= 4 is 46.5 Å². The molecule has 2 saturated heterocycles. The summed E-state index contributed by atoms with van der Waals surface area (Å²) in [5, 5.41) is 1.53. The van der Waals surface area contributed by atoms with Gasteiger partial charge in [-0.2, -0.15) is 0 Å². The molecule has 0 radical (unpaired) electrons. The van der Waals surface area contributed by atoms with E-state index in [1.165, 1.54) is 9.80 Å². The van der Waals surface area contributed by atoms with Gasteiger partial charge in [0, 0.05) is 35.2 Å². The number of Topliss-reactive ketones (excluding diaryl/α,β-unsaturated/α-hetero) is 2. The molecule has 3 aliphatic rings. The molecule has 2 amide bonds. The molecule has 4 aromatic carbocycles. The highest BCUT2D eigenvalue weighted by molar-refractivity contribution is 6.04. The number of fused-ring (bicyclic) bond motifs is 5. The minimum absolute atomic E-state index is 0.0857. The molecule has 2 atom stereocenters. The van der Waals surface area contributed by atoms with Crippen LogP contribution < -0.4 is 4.74 Å². The van der Waals surface area contributed by atoms with Crippen molar-refractivity contribution in [3.05, 3.63) is 101 Å². The number of nitrogens with zero attached hydrogens (tertiary/aromatic N) is 2. The number of carbonyl (C=O) groups is 6. The van der Waals surface area contributed by atoms with Crippen LogP contribution >= 0.6 is 0 Å². The topological polar surface area (TPSA) is 155 Å². The molecule has 0 spiro atoms. The lowest BCUT2D eigenvalue weighted by Crippen LogP contribution is -2.44. The molecular formula is C44H44N2O11. The standard InChI is InChI=1S/C44H44N2O11/c1-44(2,3)57-43(52)46-20-8-12-36(46)41(50)55-26-38(48)30-14-16-32-31(22-30)24-53-39-33-17-15-29(21-28(33)13-18-34(32)39)37(47)25-54-40(49)35-11-7-19-45(35)42(51)56-23-27-9-5-4-6-10-27/h4-6,9-10,13-18,21-22,35-36H,7-8,11-12,19-20,23-26H2,1-3H3/t35-,36-/m0/s1. The SMILES string of the molecule is CC(C)(C)OC(=O)N1CCC[C@H]1C(=O)OCC(=O)c1ccc2c(c1)COc1c-2ccc2cc(C(=O)COC(=O)[C@@H]3CCCN3C(=O)OCc3ccccc3)ccc12. The summed E-state index contributed by atoms with van der Waals surface area (Å²) in [5.41, 5.74) is 3.31. The molecule has 0 saturated carbocycles. The molecule has 7 rings (SSSR count). The fraction of sp³-hybridized carbons (Fsp3) is 0.364. The van der Waals surface area contributed by atoms with E-state index in [-0.39, 0.29) is 19.0 Å². The molecule has 3 heterocycles. The van der Waals surface area contributed by atoms with Crippen molar-refractivity contribution in [3.8, 4) is 16.9 Å². The normalized spacial score (nSPS) is 17.2. The van der Waals surface area contributed by atoms with Gasteiger partial charge in [-0.25, -0.2) is 19.2 Å². The van der Waals surface area contributed by atoms with E-state index in [0.29, 0.717) is 55.6 Å². The van der Waals surface area contributed by atoms with Crippen molar-refractivity contribution in [2.75, 3.05) is 26.3 Å². The van der Waals surface area contributed by atoms with Crippen molar-refractivity contribution in [3.63, 3.8) is 0 Å². The highest BCUT2D eigenvalue weighted by atomic mass is 16.6. The molecule has 4 aromatic rings. The van der Waals surface area contributed by atoms with Gasteiger partial charge in [-0.1, -0.05) is 60.7 Å². The Hall–Kier alpha value is -6.24. The zero-order valence-corrected chi connectivity index (χ0v) is 32.1. The second-order valence-corrected chi connectivity index (χ2v) is 15.3. The number of rotatable bonds is 10. The Morgan fingerprint density at radius 3 is 1.93 bits per heavy atom. The Bertz CT molecular complexity index is 2230. The fourth-order valence-corrected chi connectivity index (χ4v) is 7.36. The first-order valence-corrected chi connectivity index (χ1v) is 19.1. The number of ketones is 2. The lowest BCUT2D eigenvalue weighted by molar-refractivity contribution is -0.148. The Balaban J connectivity index is 0.948. The highest BCUT2D eigenvalue weighted by Crippen LogP contribution is 2.43. The maximum Gasteiger partial charge on any atom is 0.411 e. The molecule has 2 fully saturated rings. The first-order chi connectivity index (χ1) is 27.4. The summed E-state index contributed by atoms with van der Waals surface area (Å²) < 4.78 is 27.8. The van der Waals surface area contributed by atoms with Crippen molar-refractivity contribution in [2.24, 2.45) is 0 Å². The molecule has 57 heavy (non-hydrogen) atoms. The zero-order chi connectivity index (χ0) is 40.3. The molecule has 296 valence electrons. The average molecular weight is 777 g/mol. The summed E-state index contributed by atoms with van der Waals surface area (Å²) in [6.45, 7) is 5.31. The lowest BCUT2D eigenvalue weighted by atomic mass is 9.91. The van der Waals surface area contributed by atoms with E-state index in [1.807, 2.05) is 48.5 Å². The highest BCUT2D eigenvalue weighted by Gasteiger charge is 2.39. The summed E-state index contributed by atoms with van der Waals surface area (Å²) in [5.74, 6) is -1.45. The first-order valence-electron chi connectivity index (χ1n) is 19.1. The summed E-state index contributed by atoms with van der Waals surface area (Å²) in [4.78, 5) is 80.2. The monoisotopic (exact) mass is 776 g/mol. The van der Waals surface area contributed by atoms with Gasteiger partial charge in [0.2, 0.25) is 0 Å². The zero-order valence-electron chi connectivity index (χ0n) is 32.1. The summed E-state index contributed by atoms with van der Waals surface area (Å²) in [7, 11) is 0. The van der Waals surface area contributed by atoms with Gasteiger partial charge >= 0.3 is 24.1 Å². The van der Waals surface area contributed by atoms with E-state index >= 15 is 0 Å². The van der Waals surface area contributed by atoms with E-state index in [0.717, 1.165) is 33.0 Å². The third-order valence-electron chi connectivity index (χ3n) is 10.2. The van der Waals surface area contributed by atoms with Gasteiger partial charge in [-0.3, -0.25) is 19.4 Å². The minimum atomic E-state index is -0.823. The summed E-state index contributed by atoms with van der Waals surface area (Å²) in [6.07, 6.45) is 0.905. The van der Waals surface area contributed by atoms with Gasteiger partial charge in [-0.15, -0.1) is 0 Å². The minimum Gasteiger partial charge on any atom is -0.488 e. The van der Waals surface area contributed by atoms with Gasteiger partial charge < -0.3 is 23.7 Å². The molecular weight excluding hydrogens is 732 g/mol. The van der Waals surface area contributed by atoms with Crippen LogP contribution in [0.1, 0.15) is 78.3 Å². The van der Waals surface area contributed by atoms with Crippen LogP contribution in [0.25, 0.3) is 21.9 Å². The number of amides is 2. The van der Waals surface area contributed by atoms with E-state index in [9.17, 15) is 28.8 Å². The average Bonchev–Trinajstić information content (AvgIpc) is 3.91. The number of ether oxygens (including phenoxy) is 5. The largest absolute Gasteiger partial charge is 0.488 e. The number of benzene rings is 4. The van der Waals surface area contributed by atoms with Gasteiger partial charge in [0.15, 0.2) is 24.8 Å². The van der Waals surface area contributed by atoms with Crippen LogP contribution in [0.4, 0.5) is 9.59 Å². The van der Waals surface area contributed by atoms with E-state index in [2.05, 4.69) is 0 Å². The van der Waals surface area contributed by atoms with E-state index in [1.54, 1.807) is 51.1 Å². The van der Waals surface area contributed by atoms with Crippen LogP contribution in [-0.2, 0) is 41.8 Å². The Labute approximate surface area is 329 Å². The number of likely N-dealkylation sites (tertiary alicyclic amines) is 2. The number of hydrogen-bond acceptors (Lipinski definition) is 11. The molecule has 0 bridgehead atoms. The molecule has 13 nitrogen and oxygen atoms in total. The molecule has 13 heteroatoms. The van der Waals surface area contributed by atoms with Crippen LogP contribution in [0, 0.1) is 0 Å². The van der Waals surface area contributed by atoms with Gasteiger partial charge in [0.25, 0.3) is 0 Å². The fourth-order valence-electron chi connectivity index (χ4n) is 7.36. The molecule has 0 aromatic heterocycles. The van der Waals surface area contributed by atoms with Crippen LogP contribution in [-0.4, -0.2) is 89.5 Å². The molecule has 0 unspecified atom stereocenters. The van der Waals surface area contributed by atoms with Crippen LogP contribution in [0.15, 0.2) is 78.9 Å². The third kappa shape index (κ3) is 8.77. The van der Waals surface area contributed by atoms with Crippen molar-refractivity contribution < 1.29 is 52.5 Å². The molecule has 0 aliphatic carbocycles. The van der Waals surface area contributed by atoms with Crippen LogP contribution in [0.3, 0.4) is 0 Å². The Morgan fingerprint density at radius 1 is 0.684 bits per heavy atom. The third-order valence-corrected chi connectivity index (χ3v) is 10.2. The second kappa shape index (κ2) is 16.5. The Morgan fingerprint density at radius 2 is 1.28 bits per heavy atom. The van der Waals surface area contributed by atoms with Crippen molar-refractivity contribution in [1.29, 1.82) is 0 Å². The van der Waals surface area contributed by atoms with Gasteiger partial charge in [0.05, 0.1) is 0 Å². The van der Waals surface area contributed by atoms with Gasteiger partial charge in [-0.05, 0) is 86.7 Å². The first kappa shape index (κ1) is 39.0. The Kier molecular flexibility index (Phi) is 11.3. The molecule has 0 N–H and O–H groups in total. The number of hydrogen-bond donors (Lipinski definition) is 0. The van der Waals surface area contributed by atoms with Gasteiger partial charge in [0.1, 0.15) is 36.6 Å². The van der Waals surface area contributed by atoms with E-state index in [4.69, 9.17) is 23.7 Å². The number of esters is 2. The van der Waals surface area contributed by atoms with E-state index < -0.39 is 60.8 Å². The smallest absolute Gasteiger partial charge is 0.411 e. The maximum atomic E-state index is 13.2. The second-order valence-electron chi connectivity index (χ2n) is 15.3. The van der Waals surface area contributed by atoms with Crippen LogP contribution in [0.5, 0.6) is 5.75 Å². The predicted molar refractivity (Wildman–Crippen MR) is 207 cm³/mol. The summed E-state index contributed by atoms with van der Waals surface area (Å²) >= 11 is 0. The van der Waals surface area contributed by atoms with Crippen LogP contribution in [0.2, 0.25) is 0 Å². The lowest BCUT2D eigenvalue weighted by Gasteiger charge is -2.27.